The lowest BCUT2D eigenvalue weighted by molar-refractivity contribution is 0.0377. The van der Waals surface area contributed by atoms with Crippen LogP contribution in [0.4, 0.5) is 11.4 Å². The molecule has 3 rings (SSSR count). The van der Waals surface area contributed by atoms with E-state index in [9.17, 15) is 0 Å². The third-order valence-electron chi connectivity index (χ3n) is 4.09. The second-order valence-electron chi connectivity index (χ2n) is 5.79. The molecule has 0 spiro atoms. The Labute approximate surface area is 152 Å². The first-order valence-electron chi connectivity index (χ1n) is 8.16. The SMILES string of the molecule is Clc1cc(Cl)cc(N(CCCN2CCOCC2)c2ccncc2)c1. The van der Waals surface area contributed by atoms with Gasteiger partial charge in [0, 0.05) is 60.0 Å². The van der Waals surface area contributed by atoms with Crippen LogP contribution in [0.5, 0.6) is 0 Å². The van der Waals surface area contributed by atoms with Crippen LogP contribution in [0.2, 0.25) is 10.0 Å². The lowest BCUT2D eigenvalue weighted by Crippen LogP contribution is -2.37. The molecule has 0 amide bonds. The number of benzene rings is 1. The van der Waals surface area contributed by atoms with Crippen molar-refractivity contribution >= 4 is 34.6 Å². The molecule has 0 saturated carbocycles. The maximum Gasteiger partial charge on any atom is 0.0594 e. The number of anilines is 2. The fourth-order valence-electron chi connectivity index (χ4n) is 2.90. The predicted molar refractivity (Wildman–Crippen MR) is 99.6 cm³/mol. The topological polar surface area (TPSA) is 28.6 Å². The highest BCUT2D eigenvalue weighted by molar-refractivity contribution is 6.35. The third kappa shape index (κ3) is 4.84. The molecular weight excluding hydrogens is 345 g/mol. The molecule has 2 heterocycles. The Morgan fingerprint density at radius 3 is 2.33 bits per heavy atom. The van der Waals surface area contributed by atoms with Gasteiger partial charge >= 0.3 is 0 Å². The average Bonchev–Trinajstić information content (AvgIpc) is 2.59. The number of nitrogens with zero attached hydrogens (tertiary/aromatic N) is 3. The molecule has 0 unspecified atom stereocenters. The van der Waals surface area contributed by atoms with Crippen molar-refractivity contribution in [2.75, 3.05) is 44.3 Å². The molecule has 0 bridgehead atoms. The summed E-state index contributed by atoms with van der Waals surface area (Å²) in [5, 5.41) is 1.29. The van der Waals surface area contributed by atoms with E-state index in [0.29, 0.717) is 10.0 Å². The molecule has 1 saturated heterocycles. The lowest BCUT2D eigenvalue weighted by atomic mass is 10.2. The van der Waals surface area contributed by atoms with Crippen LogP contribution in [0.25, 0.3) is 0 Å². The van der Waals surface area contributed by atoms with Gasteiger partial charge in [-0.15, -0.1) is 0 Å². The van der Waals surface area contributed by atoms with Crippen LogP contribution >= 0.6 is 23.2 Å². The fraction of sp³-hybridized carbons (Fsp3) is 0.389. The highest BCUT2D eigenvalue weighted by Gasteiger charge is 2.13. The molecule has 1 aromatic carbocycles. The molecule has 1 aliphatic heterocycles. The Balaban J connectivity index is 1.72. The summed E-state index contributed by atoms with van der Waals surface area (Å²) < 4.78 is 5.40. The van der Waals surface area contributed by atoms with E-state index in [-0.39, 0.29) is 0 Å². The maximum atomic E-state index is 6.19. The van der Waals surface area contributed by atoms with Crippen molar-refractivity contribution < 1.29 is 4.74 Å². The van der Waals surface area contributed by atoms with Crippen LogP contribution in [0.3, 0.4) is 0 Å². The molecule has 0 aliphatic carbocycles. The van der Waals surface area contributed by atoms with Gasteiger partial charge in [-0.3, -0.25) is 9.88 Å². The van der Waals surface area contributed by atoms with Crippen molar-refractivity contribution in [1.82, 2.24) is 9.88 Å². The van der Waals surface area contributed by atoms with E-state index >= 15 is 0 Å². The first-order chi connectivity index (χ1) is 11.7. The van der Waals surface area contributed by atoms with Crippen LogP contribution < -0.4 is 4.90 Å². The van der Waals surface area contributed by atoms with Crippen LogP contribution in [0, 0.1) is 0 Å². The molecule has 1 fully saturated rings. The highest BCUT2D eigenvalue weighted by Crippen LogP contribution is 2.30. The van der Waals surface area contributed by atoms with Gasteiger partial charge in [0.1, 0.15) is 0 Å². The summed E-state index contributed by atoms with van der Waals surface area (Å²) in [4.78, 5) is 8.79. The van der Waals surface area contributed by atoms with Gasteiger partial charge in [-0.2, -0.15) is 0 Å². The van der Waals surface area contributed by atoms with E-state index in [1.165, 1.54) is 0 Å². The number of hydrogen-bond donors (Lipinski definition) is 0. The summed E-state index contributed by atoms with van der Waals surface area (Å²) in [7, 11) is 0. The average molecular weight is 366 g/mol. The van der Waals surface area contributed by atoms with Gasteiger partial charge in [-0.05, 0) is 36.8 Å². The van der Waals surface area contributed by atoms with E-state index in [1.807, 2.05) is 24.3 Å². The van der Waals surface area contributed by atoms with Gasteiger partial charge in [-0.1, -0.05) is 23.2 Å². The minimum absolute atomic E-state index is 0.643. The van der Waals surface area contributed by atoms with Crippen molar-refractivity contribution in [1.29, 1.82) is 0 Å². The van der Waals surface area contributed by atoms with Gasteiger partial charge in [0.05, 0.1) is 13.2 Å². The number of morpholine rings is 1. The maximum absolute atomic E-state index is 6.19. The van der Waals surface area contributed by atoms with Gasteiger partial charge in [0.25, 0.3) is 0 Å². The van der Waals surface area contributed by atoms with E-state index in [1.54, 1.807) is 18.5 Å². The van der Waals surface area contributed by atoms with Crippen molar-refractivity contribution in [2.45, 2.75) is 6.42 Å². The molecule has 0 radical (unpaired) electrons. The smallest absolute Gasteiger partial charge is 0.0594 e. The van der Waals surface area contributed by atoms with Crippen LogP contribution in [-0.2, 0) is 4.74 Å². The number of hydrogen-bond acceptors (Lipinski definition) is 4. The minimum atomic E-state index is 0.643. The highest BCUT2D eigenvalue weighted by atomic mass is 35.5. The zero-order chi connectivity index (χ0) is 16.8. The van der Waals surface area contributed by atoms with Gasteiger partial charge in [-0.25, -0.2) is 0 Å². The van der Waals surface area contributed by atoms with Crippen LogP contribution in [0.1, 0.15) is 6.42 Å². The Hall–Kier alpha value is -1.33. The molecular formula is C18H21Cl2N3O. The Morgan fingerprint density at radius 2 is 1.67 bits per heavy atom. The number of pyridine rings is 1. The number of rotatable bonds is 6. The Kier molecular flexibility index (Phi) is 6.32. The van der Waals surface area contributed by atoms with Crippen LogP contribution in [-0.4, -0.2) is 49.3 Å². The number of aromatic nitrogens is 1. The van der Waals surface area contributed by atoms with Crippen molar-refractivity contribution in [3.8, 4) is 0 Å². The molecule has 24 heavy (non-hydrogen) atoms. The number of halogens is 2. The molecule has 128 valence electrons. The fourth-order valence-corrected chi connectivity index (χ4v) is 3.42. The molecule has 4 nitrogen and oxygen atoms in total. The standard InChI is InChI=1S/C18H21Cl2N3O/c19-15-12-16(20)14-18(13-15)23(17-2-4-21-5-3-17)7-1-6-22-8-10-24-11-9-22/h2-5,12-14H,1,6-11H2. The van der Waals surface area contributed by atoms with E-state index in [0.717, 1.165) is 57.2 Å². The Morgan fingerprint density at radius 1 is 1.00 bits per heavy atom. The summed E-state index contributed by atoms with van der Waals surface area (Å²) >= 11 is 12.4. The minimum Gasteiger partial charge on any atom is -0.379 e. The zero-order valence-electron chi connectivity index (χ0n) is 13.5. The second-order valence-corrected chi connectivity index (χ2v) is 6.67. The molecule has 1 aliphatic rings. The quantitative estimate of drug-likeness (QED) is 0.764. The Bertz CT molecular complexity index is 628. The third-order valence-corrected chi connectivity index (χ3v) is 4.53. The summed E-state index contributed by atoms with van der Waals surface area (Å²) in [6.45, 7) is 5.63. The molecule has 0 N–H and O–H groups in total. The van der Waals surface area contributed by atoms with Gasteiger partial charge < -0.3 is 9.64 Å². The summed E-state index contributed by atoms with van der Waals surface area (Å²) in [5.74, 6) is 0. The van der Waals surface area contributed by atoms with E-state index in [4.69, 9.17) is 27.9 Å². The van der Waals surface area contributed by atoms with Gasteiger partial charge in [0.2, 0.25) is 0 Å². The normalized spacial score (nSPS) is 15.4. The summed E-state index contributed by atoms with van der Waals surface area (Å²) in [6.07, 6.45) is 4.65. The summed E-state index contributed by atoms with van der Waals surface area (Å²) in [5.41, 5.74) is 2.09. The first kappa shape index (κ1) is 17.5. The molecule has 2 aromatic rings. The molecule has 0 atom stereocenters. The van der Waals surface area contributed by atoms with E-state index in [2.05, 4.69) is 14.8 Å². The van der Waals surface area contributed by atoms with Crippen molar-refractivity contribution in [2.24, 2.45) is 0 Å². The van der Waals surface area contributed by atoms with Crippen LogP contribution in [0.15, 0.2) is 42.7 Å². The second kappa shape index (κ2) is 8.67. The molecule has 1 aromatic heterocycles. The predicted octanol–water partition coefficient (Wildman–Crippen LogP) is 4.25. The van der Waals surface area contributed by atoms with Crippen molar-refractivity contribution in [3.05, 3.63) is 52.8 Å². The van der Waals surface area contributed by atoms with Gasteiger partial charge in [0.15, 0.2) is 0 Å². The first-order valence-corrected chi connectivity index (χ1v) is 8.92. The van der Waals surface area contributed by atoms with Crippen molar-refractivity contribution in [3.63, 3.8) is 0 Å². The zero-order valence-corrected chi connectivity index (χ0v) is 15.0. The summed E-state index contributed by atoms with van der Waals surface area (Å²) in [6, 6.07) is 9.66. The monoisotopic (exact) mass is 365 g/mol. The largest absolute Gasteiger partial charge is 0.379 e. The lowest BCUT2D eigenvalue weighted by Gasteiger charge is -2.29. The van der Waals surface area contributed by atoms with E-state index < -0.39 is 0 Å². The molecule has 6 heteroatoms. The number of ether oxygens (including phenoxy) is 1.